The molecule has 1 aromatic carbocycles. The van der Waals surface area contributed by atoms with Gasteiger partial charge < -0.3 is 34.8 Å². The Bertz CT molecular complexity index is 716. The summed E-state index contributed by atoms with van der Waals surface area (Å²) >= 11 is 0. The fourth-order valence-corrected chi connectivity index (χ4v) is 4.72. The van der Waals surface area contributed by atoms with E-state index in [1.54, 1.807) is 19.1 Å². The van der Waals surface area contributed by atoms with E-state index in [9.17, 15) is 29.9 Å². The molecule has 1 heterocycles. The SMILES string of the molecule is C[C@H](O)CN1CCN(Cc2ccc(CP(=O)([O-])O)cc2)CCN([C@H](CO)[C@H](O)CO)CC1. The van der Waals surface area contributed by atoms with Gasteiger partial charge in [-0.15, -0.1) is 0 Å². The van der Waals surface area contributed by atoms with E-state index in [-0.39, 0.29) is 6.61 Å². The number of hydrogen-bond donors (Lipinski definition) is 5. The van der Waals surface area contributed by atoms with E-state index in [1.165, 1.54) is 0 Å². The number of aliphatic hydroxyl groups excluding tert-OH is 4. The van der Waals surface area contributed by atoms with Crippen molar-refractivity contribution in [2.75, 3.05) is 59.0 Å². The van der Waals surface area contributed by atoms with Crippen molar-refractivity contribution in [3.63, 3.8) is 0 Å². The molecule has 1 aliphatic heterocycles. The minimum Gasteiger partial charge on any atom is -0.778 e. The molecule has 1 saturated heterocycles. The van der Waals surface area contributed by atoms with E-state index < -0.39 is 38.6 Å². The minimum absolute atomic E-state index is 0.270. The smallest absolute Gasteiger partial charge is 0.136 e. The van der Waals surface area contributed by atoms with Gasteiger partial charge in [-0.1, -0.05) is 24.3 Å². The summed E-state index contributed by atoms with van der Waals surface area (Å²) in [6.07, 6.45) is -1.92. The van der Waals surface area contributed by atoms with Gasteiger partial charge in [0, 0.05) is 58.5 Å². The van der Waals surface area contributed by atoms with Crippen molar-refractivity contribution < 1.29 is 34.8 Å². The van der Waals surface area contributed by atoms with Gasteiger partial charge in [0.25, 0.3) is 0 Å². The number of hydrogen-bond acceptors (Lipinski definition) is 9. The minimum atomic E-state index is -4.35. The summed E-state index contributed by atoms with van der Waals surface area (Å²) in [5.41, 5.74) is 1.52. The molecule has 1 fully saturated rings. The average Bonchev–Trinajstić information content (AvgIpc) is 2.80. The van der Waals surface area contributed by atoms with Crippen LogP contribution in [0, 0.1) is 0 Å². The zero-order valence-corrected chi connectivity index (χ0v) is 19.6. The van der Waals surface area contributed by atoms with E-state index >= 15 is 0 Å². The second-order valence-electron chi connectivity index (χ2n) is 8.57. The van der Waals surface area contributed by atoms with Gasteiger partial charge in [-0.05, 0) is 18.1 Å². The van der Waals surface area contributed by atoms with Gasteiger partial charge in [0.15, 0.2) is 0 Å². The van der Waals surface area contributed by atoms with Crippen LogP contribution in [0.1, 0.15) is 18.1 Å². The van der Waals surface area contributed by atoms with Gasteiger partial charge in [-0.2, -0.15) is 0 Å². The molecule has 0 amide bonds. The molecule has 4 atom stereocenters. The molecule has 0 saturated carbocycles. The van der Waals surface area contributed by atoms with E-state index in [4.69, 9.17) is 4.89 Å². The molecule has 0 bridgehead atoms. The zero-order valence-electron chi connectivity index (χ0n) is 18.7. The molecule has 5 N–H and O–H groups in total. The Balaban J connectivity index is 2.11. The first-order valence-electron chi connectivity index (χ1n) is 11.0. The van der Waals surface area contributed by atoms with Crippen LogP contribution in [0.5, 0.6) is 0 Å². The van der Waals surface area contributed by atoms with Crippen LogP contribution in [0.2, 0.25) is 0 Å². The lowest BCUT2D eigenvalue weighted by molar-refractivity contribution is -0.194. The van der Waals surface area contributed by atoms with Crippen LogP contribution in [0.3, 0.4) is 0 Å². The third-order valence-corrected chi connectivity index (χ3v) is 6.53. The summed E-state index contributed by atoms with van der Waals surface area (Å²) in [7, 11) is -4.35. The van der Waals surface area contributed by atoms with Crippen LogP contribution >= 0.6 is 7.60 Å². The van der Waals surface area contributed by atoms with Crippen LogP contribution in [0.15, 0.2) is 24.3 Å². The van der Waals surface area contributed by atoms with Gasteiger partial charge in [-0.3, -0.25) is 14.7 Å². The van der Waals surface area contributed by atoms with Crippen LogP contribution in [0.25, 0.3) is 0 Å². The largest absolute Gasteiger partial charge is 0.778 e. The van der Waals surface area contributed by atoms with Gasteiger partial charge in [0.1, 0.15) is 7.60 Å². The Kier molecular flexibility index (Phi) is 11.2. The Morgan fingerprint density at radius 1 is 0.938 bits per heavy atom. The number of nitrogens with zero attached hydrogens (tertiary/aromatic N) is 3. The highest BCUT2D eigenvalue weighted by atomic mass is 31.2. The molecular weight excluding hydrogens is 437 g/mol. The molecule has 32 heavy (non-hydrogen) atoms. The average molecular weight is 475 g/mol. The molecule has 11 heteroatoms. The lowest BCUT2D eigenvalue weighted by Crippen LogP contribution is -2.51. The molecule has 10 nitrogen and oxygen atoms in total. The molecule has 1 aliphatic rings. The first kappa shape index (κ1) is 27.3. The molecule has 184 valence electrons. The van der Waals surface area contributed by atoms with E-state index in [0.717, 1.165) is 18.7 Å². The summed E-state index contributed by atoms with van der Waals surface area (Å²) in [5.74, 6) is 0. The number of benzene rings is 1. The Morgan fingerprint density at radius 2 is 1.47 bits per heavy atom. The molecular formula is C21H37N3O7P-. The summed E-state index contributed by atoms with van der Waals surface area (Å²) < 4.78 is 11.1. The molecule has 0 radical (unpaired) electrons. The molecule has 2 rings (SSSR count). The van der Waals surface area contributed by atoms with Crippen molar-refractivity contribution in [2.24, 2.45) is 0 Å². The van der Waals surface area contributed by atoms with Crippen LogP contribution in [-0.2, 0) is 17.3 Å². The van der Waals surface area contributed by atoms with Crippen molar-refractivity contribution in [2.45, 2.75) is 37.9 Å². The van der Waals surface area contributed by atoms with Crippen molar-refractivity contribution in [3.8, 4) is 0 Å². The maximum absolute atomic E-state index is 11.1. The van der Waals surface area contributed by atoms with E-state index in [1.807, 2.05) is 17.0 Å². The van der Waals surface area contributed by atoms with Gasteiger partial charge in [0.05, 0.1) is 31.5 Å². The predicted octanol–water partition coefficient (Wildman–Crippen LogP) is -1.75. The number of rotatable bonds is 10. The molecule has 0 spiro atoms. The lowest BCUT2D eigenvalue weighted by Gasteiger charge is -2.34. The standard InChI is InChI=1S/C21H38N3O7P/c1-17(27)12-22-6-7-23(9-11-24(10-8-22)20(14-25)21(28)15-26)13-18-2-4-19(5-3-18)16-32(29,30)31/h2-5,17,20-21,25-28H,6-16H2,1H3,(H2,29,30,31)/p-1/t17-,20+,21+/m0/s1. The maximum atomic E-state index is 11.1. The quantitative estimate of drug-likeness (QED) is 0.247. The monoisotopic (exact) mass is 474 g/mol. The molecule has 1 aromatic rings. The van der Waals surface area contributed by atoms with Crippen molar-refractivity contribution in [3.05, 3.63) is 35.4 Å². The van der Waals surface area contributed by atoms with Crippen LogP contribution in [-0.4, -0.2) is 117 Å². The summed E-state index contributed by atoms with van der Waals surface area (Å²) in [6, 6.07) is 6.49. The van der Waals surface area contributed by atoms with Gasteiger partial charge in [-0.25, -0.2) is 0 Å². The highest BCUT2D eigenvalue weighted by Gasteiger charge is 2.27. The van der Waals surface area contributed by atoms with Gasteiger partial charge >= 0.3 is 0 Å². The molecule has 1 unspecified atom stereocenters. The predicted molar refractivity (Wildman–Crippen MR) is 119 cm³/mol. The second kappa shape index (κ2) is 13.1. The first-order valence-corrected chi connectivity index (χ1v) is 12.7. The first-order chi connectivity index (χ1) is 15.1. The fourth-order valence-electron chi connectivity index (χ4n) is 4.05. The summed E-state index contributed by atoms with van der Waals surface area (Å²) in [6.45, 7) is 6.19. The summed E-state index contributed by atoms with van der Waals surface area (Å²) in [5, 5.41) is 39.1. The van der Waals surface area contributed by atoms with E-state index in [0.29, 0.717) is 44.8 Å². The third kappa shape index (κ3) is 9.52. The third-order valence-electron chi connectivity index (χ3n) is 5.76. The van der Waals surface area contributed by atoms with Crippen LogP contribution < -0.4 is 4.89 Å². The highest BCUT2D eigenvalue weighted by molar-refractivity contribution is 7.49. The molecule has 0 aromatic heterocycles. The zero-order chi connectivity index (χ0) is 23.7. The topological polar surface area (TPSA) is 151 Å². The normalized spacial score (nSPS) is 22.3. The highest BCUT2D eigenvalue weighted by Crippen LogP contribution is 2.34. The van der Waals surface area contributed by atoms with Crippen molar-refractivity contribution in [1.29, 1.82) is 0 Å². The van der Waals surface area contributed by atoms with Crippen molar-refractivity contribution >= 4 is 7.60 Å². The fraction of sp³-hybridized carbons (Fsp3) is 0.714. The van der Waals surface area contributed by atoms with Crippen LogP contribution in [0.4, 0.5) is 0 Å². The summed E-state index contributed by atoms with van der Waals surface area (Å²) in [4.78, 5) is 26.5. The second-order valence-corrected chi connectivity index (χ2v) is 10.2. The maximum Gasteiger partial charge on any atom is 0.136 e. The number of aliphatic hydroxyl groups is 4. The van der Waals surface area contributed by atoms with Crippen molar-refractivity contribution in [1.82, 2.24) is 14.7 Å². The molecule has 0 aliphatic carbocycles. The number of β-amino-alcohol motifs (C(OH)–C–C–N with tert-alkyl or cyclic N) is 1. The van der Waals surface area contributed by atoms with Gasteiger partial charge in [0.2, 0.25) is 0 Å². The Labute approximate surface area is 189 Å². The Morgan fingerprint density at radius 3 is 2.00 bits per heavy atom. The van der Waals surface area contributed by atoms with E-state index in [2.05, 4.69) is 9.80 Å². The lowest BCUT2D eigenvalue weighted by atomic mass is 10.1. The Hall–Kier alpha value is -0.910.